The van der Waals surface area contributed by atoms with Crippen LogP contribution in [0.4, 0.5) is 0 Å². The number of aromatic nitrogens is 1. The lowest BCUT2D eigenvalue weighted by Crippen LogP contribution is -2.55. The van der Waals surface area contributed by atoms with Gasteiger partial charge in [-0.2, -0.15) is 0 Å². The Bertz CT molecular complexity index is 677. The maximum absolute atomic E-state index is 11.9. The SMILES string of the molecule is Cc1cnc(COCC(=O)NC2CC(CO)(c3ccccc3)C2)o1. The van der Waals surface area contributed by atoms with Gasteiger partial charge < -0.3 is 19.6 Å². The maximum Gasteiger partial charge on any atom is 0.246 e. The minimum atomic E-state index is -0.240. The summed E-state index contributed by atoms with van der Waals surface area (Å²) in [6, 6.07) is 10.0. The van der Waals surface area contributed by atoms with Crippen molar-refractivity contribution in [2.45, 2.75) is 37.8 Å². The van der Waals surface area contributed by atoms with Gasteiger partial charge in [0.15, 0.2) is 0 Å². The smallest absolute Gasteiger partial charge is 0.246 e. The van der Waals surface area contributed by atoms with E-state index in [1.54, 1.807) is 13.1 Å². The lowest BCUT2D eigenvalue weighted by Gasteiger charge is -2.47. The van der Waals surface area contributed by atoms with Crippen molar-refractivity contribution in [3.05, 3.63) is 53.7 Å². The molecule has 3 rings (SSSR count). The number of rotatable bonds is 7. The van der Waals surface area contributed by atoms with Crippen LogP contribution in [-0.4, -0.2) is 35.3 Å². The van der Waals surface area contributed by atoms with Crippen LogP contribution in [0.5, 0.6) is 0 Å². The van der Waals surface area contributed by atoms with Crippen LogP contribution in [0.15, 0.2) is 40.9 Å². The van der Waals surface area contributed by atoms with E-state index in [9.17, 15) is 9.90 Å². The minimum absolute atomic E-state index is 0.0324. The third-order valence-corrected chi connectivity index (χ3v) is 4.46. The van der Waals surface area contributed by atoms with Gasteiger partial charge in [0.25, 0.3) is 0 Å². The van der Waals surface area contributed by atoms with Gasteiger partial charge in [0, 0.05) is 11.5 Å². The molecule has 0 radical (unpaired) electrons. The van der Waals surface area contributed by atoms with E-state index in [1.165, 1.54) is 0 Å². The number of ether oxygens (including phenoxy) is 1. The van der Waals surface area contributed by atoms with Crippen LogP contribution >= 0.6 is 0 Å². The molecule has 1 aromatic heterocycles. The molecule has 0 aliphatic heterocycles. The molecule has 1 heterocycles. The summed E-state index contributed by atoms with van der Waals surface area (Å²) in [4.78, 5) is 15.9. The highest BCUT2D eigenvalue weighted by Gasteiger charge is 2.45. The van der Waals surface area contributed by atoms with Crippen LogP contribution in [-0.2, 0) is 21.6 Å². The maximum atomic E-state index is 11.9. The van der Waals surface area contributed by atoms with E-state index in [-0.39, 0.29) is 37.2 Å². The first-order chi connectivity index (χ1) is 11.6. The number of nitrogens with one attached hydrogen (secondary N) is 1. The molecule has 1 saturated carbocycles. The molecule has 0 bridgehead atoms. The van der Waals surface area contributed by atoms with E-state index < -0.39 is 0 Å². The normalized spacial score (nSPS) is 22.8. The highest BCUT2D eigenvalue weighted by Crippen LogP contribution is 2.43. The van der Waals surface area contributed by atoms with E-state index in [1.807, 2.05) is 30.3 Å². The lowest BCUT2D eigenvalue weighted by molar-refractivity contribution is -0.128. The van der Waals surface area contributed by atoms with E-state index in [2.05, 4.69) is 10.3 Å². The summed E-state index contributed by atoms with van der Waals surface area (Å²) in [6.45, 7) is 2.04. The molecule has 0 unspecified atom stereocenters. The van der Waals surface area contributed by atoms with E-state index in [0.717, 1.165) is 18.4 Å². The van der Waals surface area contributed by atoms with Crippen molar-refractivity contribution in [1.82, 2.24) is 10.3 Å². The molecule has 1 aromatic carbocycles. The average Bonchev–Trinajstić information content (AvgIpc) is 2.97. The van der Waals surface area contributed by atoms with Crippen LogP contribution in [0, 0.1) is 6.92 Å². The second-order valence-corrected chi connectivity index (χ2v) is 6.33. The van der Waals surface area contributed by atoms with Crippen LogP contribution in [0.2, 0.25) is 0 Å². The van der Waals surface area contributed by atoms with Gasteiger partial charge in [-0.25, -0.2) is 4.98 Å². The van der Waals surface area contributed by atoms with Gasteiger partial charge in [-0.1, -0.05) is 30.3 Å². The number of nitrogens with zero attached hydrogens (tertiary/aromatic N) is 1. The molecule has 1 fully saturated rings. The van der Waals surface area contributed by atoms with Gasteiger partial charge >= 0.3 is 0 Å². The predicted octanol–water partition coefficient (Wildman–Crippen LogP) is 1.71. The Hall–Kier alpha value is -2.18. The molecule has 1 aliphatic rings. The first-order valence-electron chi connectivity index (χ1n) is 8.06. The number of carbonyl (C=O) groups is 1. The Kier molecular flexibility index (Phi) is 4.97. The van der Waals surface area contributed by atoms with Gasteiger partial charge in [0.05, 0.1) is 12.8 Å². The summed E-state index contributed by atoms with van der Waals surface area (Å²) < 4.78 is 10.6. The summed E-state index contributed by atoms with van der Waals surface area (Å²) >= 11 is 0. The quantitative estimate of drug-likeness (QED) is 0.807. The third-order valence-electron chi connectivity index (χ3n) is 4.46. The van der Waals surface area contributed by atoms with Crippen molar-refractivity contribution in [3.8, 4) is 0 Å². The van der Waals surface area contributed by atoms with Gasteiger partial charge in [-0.05, 0) is 25.3 Å². The number of hydrogen-bond donors (Lipinski definition) is 2. The Morgan fingerprint density at radius 2 is 2.17 bits per heavy atom. The number of amides is 1. The standard InChI is InChI=1S/C18H22N2O4/c1-13-9-19-17(24-13)11-23-10-16(22)20-15-7-18(8-15,12-21)14-5-3-2-4-6-14/h2-6,9,15,21H,7-8,10-12H2,1H3,(H,20,22). The summed E-state index contributed by atoms with van der Waals surface area (Å²) in [5, 5.41) is 12.7. The Labute approximate surface area is 140 Å². The summed E-state index contributed by atoms with van der Waals surface area (Å²) in [6.07, 6.45) is 3.08. The molecule has 24 heavy (non-hydrogen) atoms. The van der Waals surface area contributed by atoms with Crippen LogP contribution in [0.3, 0.4) is 0 Å². The second-order valence-electron chi connectivity index (χ2n) is 6.33. The number of carbonyl (C=O) groups excluding carboxylic acids is 1. The van der Waals surface area contributed by atoms with Gasteiger partial charge in [-0.3, -0.25) is 4.79 Å². The van der Waals surface area contributed by atoms with E-state index >= 15 is 0 Å². The molecular weight excluding hydrogens is 308 g/mol. The Morgan fingerprint density at radius 3 is 2.79 bits per heavy atom. The van der Waals surface area contributed by atoms with Gasteiger partial charge in [0.2, 0.25) is 11.8 Å². The summed E-state index contributed by atoms with van der Waals surface area (Å²) in [7, 11) is 0. The second kappa shape index (κ2) is 7.15. The molecule has 128 valence electrons. The van der Waals surface area contributed by atoms with Crippen LogP contribution in [0.1, 0.15) is 30.1 Å². The molecule has 2 aromatic rings. The number of aliphatic hydroxyl groups is 1. The highest BCUT2D eigenvalue weighted by molar-refractivity contribution is 5.77. The molecule has 1 aliphatic carbocycles. The zero-order valence-electron chi connectivity index (χ0n) is 13.7. The fourth-order valence-electron chi connectivity index (χ4n) is 3.20. The van der Waals surface area contributed by atoms with Gasteiger partial charge in [-0.15, -0.1) is 0 Å². The molecule has 1 amide bonds. The van der Waals surface area contributed by atoms with E-state index in [4.69, 9.17) is 9.15 Å². The molecule has 0 atom stereocenters. The minimum Gasteiger partial charge on any atom is -0.443 e. The highest BCUT2D eigenvalue weighted by atomic mass is 16.5. The van der Waals surface area contributed by atoms with Crippen molar-refractivity contribution >= 4 is 5.91 Å². The molecule has 6 heteroatoms. The zero-order valence-corrected chi connectivity index (χ0v) is 13.7. The van der Waals surface area contributed by atoms with Crippen molar-refractivity contribution in [1.29, 1.82) is 0 Å². The monoisotopic (exact) mass is 330 g/mol. The molecule has 0 saturated heterocycles. The number of hydrogen-bond acceptors (Lipinski definition) is 5. The van der Waals surface area contributed by atoms with Crippen LogP contribution < -0.4 is 5.32 Å². The number of aliphatic hydroxyl groups excluding tert-OH is 1. The van der Waals surface area contributed by atoms with Gasteiger partial charge in [0.1, 0.15) is 19.0 Å². The van der Waals surface area contributed by atoms with Crippen molar-refractivity contribution in [2.24, 2.45) is 0 Å². The number of oxazole rings is 1. The Morgan fingerprint density at radius 1 is 1.42 bits per heavy atom. The lowest BCUT2D eigenvalue weighted by atomic mass is 9.62. The Balaban J connectivity index is 1.42. The number of aryl methyl sites for hydroxylation is 1. The fraction of sp³-hybridized carbons (Fsp3) is 0.444. The first kappa shape index (κ1) is 16.7. The predicted molar refractivity (Wildman–Crippen MR) is 87.3 cm³/mol. The first-order valence-corrected chi connectivity index (χ1v) is 8.06. The third kappa shape index (κ3) is 3.66. The molecule has 0 spiro atoms. The van der Waals surface area contributed by atoms with E-state index in [0.29, 0.717) is 11.7 Å². The number of benzene rings is 1. The molecule has 2 N–H and O–H groups in total. The molecule has 6 nitrogen and oxygen atoms in total. The summed E-state index contributed by atoms with van der Waals surface area (Å²) in [5.41, 5.74) is 0.879. The fourth-order valence-corrected chi connectivity index (χ4v) is 3.20. The van der Waals surface area contributed by atoms with Crippen molar-refractivity contribution in [3.63, 3.8) is 0 Å². The van der Waals surface area contributed by atoms with Crippen molar-refractivity contribution in [2.75, 3.05) is 13.2 Å². The average molecular weight is 330 g/mol. The van der Waals surface area contributed by atoms with Crippen LogP contribution in [0.25, 0.3) is 0 Å². The molecular formula is C18H22N2O4. The van der Waals surface area contributed by atoms with Crippen molar-refractivity contribution < 1.29 is 19.1 Å². The summed E-state index contributed by atoms with van der Waals surface area (Å²) in [5.74, 6) is 1.02. The topological polar surface area (TPSA) is 84.6 Å². The largest absolute Gasteiger partial charge is 0.443 e. The zero-order chi connectivity index (χ0) is 17.0.